The number of nitrogens with one attached hydrogen (secondary N) is 3. The summed E-state index contributed by atoms with van der Waals surface area (Å²) >= 11 is 11.0. The van der Waals surface area contributed by atoms with Crippen molar-refractivity contribution in [2.75, 3.05) is 10.6 Å². The Balaban J connectivity index is 1.59. The van der Waals surface area contributed by atoms with Gasteiger partial charge in [-0.3, -0.25) is 9.59 Å². The lowest BCUT2D eigenvalue weighted by molar-refractivity contribution is -0.137. The summed E-state index contributed by atoms with van der Waals surface area (Å²) in [5.74, 6) is -0.941. The molecule has 0 bridgehead atoms. The van der Waals surface area contributed by atoms with Gasteiger partial charge in [-0.05, 0) is 66.3 Å². The number of anilines is 2. The lowest BCUT2D eigenvalue weighted by atomic mass is 10.1. The van der Waals surface area contributed by atoms with E-state index in [-0.39, 0.29) is 28.7 Å². The van der Waals surface area contributed by atoms with E-state index in [2.05, 4.69) is 16.0 Å². The van der Waals surface area contributed by atoms with Gasteiger partial charge in [0.1, 0.15) is 0 Å². The molecule has 3 N–H and O–H groups in total. The molecule has 0 aliphatic heterocycles. The second-order valence-corrected chi connectivity index (χ2v) is 7.76. The van der Waals surface area contributed by atoms with Crippen LogP contribution in [0.25, 0.3) is 0 Å². The van der Waals surface area contributed by atoms with Crippen molar-refractivity contribution >= 4 is 52.1 Å². The summed E-state index contributed by atoms with van der Waals surface area (Å²) in [7, 11) is 0. The van der Waals surface area contributed by atoms with Crippen LogP contribution in [0.2, 0.25) is 5.02 Å². The van der Waals surface area contributed by atoms with E-state index >= 15 is 0 Å². The Morgan fingerprint density at radius 3 is 2.18 bits per heavy atom. The number of halogens is 4. The molecule has 5 nitrogen and oxygen atoms in total. The molecule has 0 aromatic heterocycles. The average molecular weight is 492 g/mol. The number of amides is 2. The van der Waals surface area contributed by atoms with Gasteiger partial charge in [-0.25, -0.2) is 0 Å². The number of rotatable bonds is 5. The van der Waals surface area contributed by atoms with Gasteiger partial charge in [-0.15, -0.1) is 0 Å². The van der Waals surface area contributed by atoms with Crippen LogP contribution in [0.3, 0.4) is 0 Å². The van der Waals surface area contributed by atoms with Crippen LogP contribution in [-0.4, -0.2) is 16.9 Å². The molecule has 3 aromatic carbocycles. The molecule has 0 aliphatic carbocycles. The molecule has 0 saturated carbocycles. The monoisotopic (exact) mass is 491 g/mol. The molecule has 0 aliphatic rings. The van der Waals surface area contributed by atoms with Crippen LogP contribution in [0.4, 0.5) is 24.5 Å². The fourth-order valence-electron chi connectivity index (χ4n) is 2.84. The molecule has 0 spiro atoms. The van der Waals surface area contributed by atoms with E-state index in [0.29, 0.717) is 10.7 Å². The Morgan fingerprint density at radius 2 is 1.52 bits per heavy atom. The highest BCUT2D eigenvalue weighted by atomic mass is 35.5. The number of benzene rings is 3. The molecular formula is C23H17ClF3N3O2S. The molecule has 0 radical (unpaired) electrons. The molecular weight excluding hydrogens is 475 g/mol. The zero-order valence-corrected chi connectivity index (χ0v) is 18.4. The lowest BCUT2D eigenvalue weighted by Crippen LogP contribution is -2.35. The summed E-state index contributed by atoms with van der Waals surface area (Å²) < 4.78 is 38.6. The topological polar surface area (TPSA) is 70.2 Å². The third-order valence-corrected chi connectivity index (χ3v) is 4.82. The Labute approximate surface area is 198 Å². The van der Waals surface area contributed by atoms with Crippen LogP contribution in [0.5, 0.6) is 0 Å². The van der Waals surface area contributed by atoms with Gasteiger partial charge in [0.2, 0.25) is 5.91 Å². The third kappa shape index (κ3) is 7.30. The fourth-order valence-corrected chi connectivity index (χ4v) is 3.19. The number of hydrogen-bond donors (Lipinski definition) is 3. The first kappa shape index (κ1) is 24.2. The maximum absolute atomic E-state index is 12.9. The number of carbonyl (C=O) groups excluding carboxylic acids is 2. The number of hydrogen-bond acceptors (Lipinski definition) is 3. The molecule has 170 valence electrons. The zero-order valence-electron chi connectivity index (χ0n) is 16.9. The number of alkyl halides is 3. The van der Waals surface area contributed by atoms with Gasteiger partial charge in [0.05, 0.1) is 12.0 Å². The lowest BCUT2D eigenvalue weighted by Gasteiger charge is -2.12. The van der Waals surface area contributed by atoms with Gasteiger partial charge in [-0.2, -0.15) is 13.2 Å². The standard InChI is InChI=1S/C23H17ClF3N3O2S/c24-17-9-7-14(8-10-17)11-20(31)30-22(33)29-18-5-1-3-15(12-18)21(32)28-19-6-2-4-16(13-19)23(25,26)27/h1-10,12-13H,11H2,(H,28,32)(H2,29,30,31,33). The predicted octanol–water partition coefficient (Wildman–Crippen LogP) is 5.67. The first-order valence-electron chi connectivity index (χ1n) is 9.54. The van der Waals surface area contributed by atoms with E-state index in [1.54, 1.807) is 36.4 Å². The fraction of sp³-hybridized carbons (Fsp3) is 0.0870. The molecule has 0 atom stereocenters. The highest BCUT2D eigenvalue weighted by Crippen LogP contribution is 2.30. The van der Waals surface area contributed by atoms with Crippen molar-refractivity contribution in [3.63, 3.8) is 0 Å². The van der Waals surface area contributed by atoms with Crippen LogP contribution in [-0.2, 0) is 17.4 Å². The Hall–Kier alpha value is -3.43. The highest BCUT2D eigenvalue weighted by molar-refractivity contribution is 7.80. The van der Waals surface area contributed by atoms with Gasteiger partial charge in [0, 0.05) is 22.0 Å². The molecule has 10 heteroatoms. The van der Waals surface area contributed by atoms with E-state index < -0.39 is 17.6 Å². The first-order chi connectivity index (χ1) is 15.6. The summed E-state index contributed by atoms with van der Waals surface area (Å²) in [5, 5.41) is 8.38. The van der Waals surface area contributed by atoms with E-state index in [1.807, 2.05) is 0 Å². The number of carbonyl (C=O) groups is 2. The highest BCUT2D eigenvalue weighted by Gasteiger charge is 2.30. The molecule has 0 saturated heterocycles. The minimum atomic E-state index is -4.52. The molecule has 3 aromatic rings. The van der Waals surface area contributed by atoms with Gasteiger partial charge >= 0.3 is 6.18 Å². The maximum atomic E-state index is 12.9. The van der Waals surface area contributed by atoms with Crippen molar-refractivity contribution in [3.8, 4) is 0 Å². The summed E-state index contributed by atoms with van der Waals surface area (Å²) in [4.78, 5) is 24.6. The summed E-state index contributed by atoms with van der Waals surface area (Å²) in [5.41, 5.74) is 0.512. The molecule has 0 fully saturated rings. The van der Waals surface area contributed by atoms with Crippen LogP contribution < -0.4 is 16.0 Å². The number of thiocarbonyl (C=S) groups is 1. The van der Waals surface area contributed by atoms with E-state index in [4.69, 9.17) is 23.8 Å². The Bertz CT molecular complexity index is 1180. The van der Waals surface area contributed by atoms with Crippen LogP contribution in [0.15, 0.2) is 72.8 Å². The molecule has 0 heterocycles. The van der Waals surface area contributed by atoms with Gasteiger partial charge in [0.25, 0.3) is 5.91 Å². The van der Waals surface area contributed by atoms with Crippen molar-refractivity contribution in [2.45, 2.75) is 12.6 Å². The van der Waals surface area contributed by atoms with Crippen molar-refractivity contribution in [2.24, 2.45) is 0 Å². The minimum absolute atomic E-state index is 0.0122. The predicted molar refractivity (Wildman–Crippen MR) is 125 cm³/mol. The average Bonchev–Trinajstić information content (AvgIpc) is 2.75. The second kappa shape index (κ2) is 10.5. The van der Waals surface area contributed by atoms with Gasteiger partial charge in [0.15, 0.2) is 5.11 Å². The molecule has 2 amide bonds. The zero-order chi connectivity index (χ0) is 24.0. The van der Waals surface area contributed by atoms with Gasteiger partial charge in [-0.1, -0.05) is 35.9 Å². The second-order valence-electron chi connectivity index (χ2n) is 6.92. The first-order valence-corrected chi connectivity index (χ1v) is 10.3. The van der Waals surface area contributed by atoms with E-state index in [0.717, 1.165) is 17.7 Å². The van der Waals surface area contributed by atoms with Crippen molar-refractivity contribution in [1.29, 1.82) is 0 Å². The molecule has 0 unspecified atom stereocenters. The van der Waals surface area contributed by atoms with Crippen molar-refractivity contribution < 1.29 is 22.8 Å². The summed E-state index contributed by atoms with van der Waals surface area (Å²) in [6.07, 6.45) is -4.42. The summed E-state index contributed by atoms with van der Waals surface area (Å²) in [6.45, 7) is 0. The molecule has 3 rings (SSSR count). The van der Waals surface area contributed by atoms with Gasteiger partial charge < -0.3 is 16.0 Å². The normalized spacial score (nSPS) is 10.9. The van der Waals surface area contributed by atoms with Crippen molar-refractivity contribution in [3.05, 3.63) is 94.5 Å². The minimum Gasteiger partial charge on any atom is -0.332 e. The maximum Gasteiger partial charge on any atom is 0.416 e. The largest absolute Gasteiger partial charge is 0.416 e. The molecule has 33 heavy (non-hydrogen) atoms. The Kier molecular flexibility index (Phi) is 7.67. The van der Waals surface area contributed by atoms with E-state index in [9.17, 15) is 22.8 Å². The van der Waals surface area contributed by atoms with Crippen LogP contribution in [0, 0.1) is 0 Å². The quantitative estimate of drug-likeness (QED) is 0.402. The van der Waals surface area contributed by atoms with Crippen LogP contribution >= 0.6 is 23.8 Å². The van der Waals surface area contributed by atoms with Crippen LogP contribution in [0.1, 0.15) is 21.5 Å². The third-order valence-electron chi connectivity index (χ3n) is 4.36. The van der Waals surface area contributed by atoms with Crippen molar-refractivity contribution in [1.82, 2.24) is 5.32 Å². The summed E-state index contributed by atoms with van der Waals surface area (Å²) in [6, 6.07) is 17.3. The van der Waals surface area contributed by atoms with E-state index in [1.165, 1.54) is 24.3 Å². The Morgan fingerprint density at radius 1 is 0.879 bits per heavy atom. The SMILES string of the molecule is O=C(Cc1ccc(Cl)cc1)NC(=S)Nc1cccc(C(=O)Nc2cccc(C(F)(F)F)c2)c1. The smallest absolute Gasteiger partial charge is 0.332 e.